The Kier molecular flexibility index (Phi) is 6.69. The van der Waals surface area contributed by atoms with E-state index in [1.165, 1.54) is 0 Å². The average molecular weight is 203 g/mol. The van der Waals surface area contributed by atoms with Gasteiger partial charge in [0.15, 0.2) is 6.61 Å². The third-order valence-corrected chi connectivity index (χ3v) is 1.31. The van der Waals surface area contributed by atoms with Gasteiger partial charge in [0.25, 0.3) is 0 Å². The first-order chi connectivity index (χ1) is 6.52. The molecule has 0 saturated carbocycles. The van der Waals surface area contributed by atoms with Crippen molar-refractivity contribution in [3.05, 3.63) is 0 Å². The second-order valence-corrected chi connectivity index (χ2v) is 3.14. The average Bonchev–Trinajstić information content (AvgIpc) is 2.02. The van der Waals surface area contributed by atoms with E-state index in [0.29, 0.717) is 19.0 Å². The Morgan fingerprint density at radius 2 is 2.07 bits per heavy atom. The topological polar surface area (TPSA) is 93.4 Å². The number of primary amides is 1. The zero-order chi connectivity index (χ0) is 11.0. The van der Waals surface area contributed by atoms with Crippen LogP contribution in [0.25, 0.3) is 0 Å². The summed E-state index contributed by atoms with van der Waals surface area (Å²) < 4.78 is 0. The van der Waals surface area contributed by atoms with E-state index in [9.17, 15) is 9.59 Å². The largest absolute Gasteiger partial charge is 0.368 e. The summed E-state index contributed by atoms with van der Waals surface area (Å²) in [6, 6.07) is 0.342. The van der Waals surface area contributed by atoms with Gasteiger partial charge in [0, 0.05) is 19.0 Å². The van der Waals surface area contributed by atoms with Crippen molar-refractivity contribution in [3.63, 3.8) is 0 Å². The van der Waals surface area contributed by atoms with Crippen LogP contribution in [0.3, 0.4) is 0 Å². The summed E-state index contributed by atoms with van der Waals surface area (Å²) in [6.45, 7) is 4.25. The lowest BCUT2D eigenvalue weighted by Gasteiger charge is -2.07. The highest BCUT2D eigenvalue weighted by molar-refractivity contribution is 5.77. The van der Waals surface area contributed by atoms with Gasteiger partial charge in [-0.3, -0.25) is 14.4 Å². The van der Waals surface area contributed by atoms with Crippen LogP contribution in [0.15, 0.2) is 0 Å². The predicted molar refractivity (Wildman–Crippen MR) is 51.0 cm³/mol. The second kappa shape index (κ2) is 7.28. The van der Waals surface area contributed by atoms with Crippen LogP contribution in [0.2, 0.25) is 0 Å². The number of nitrogens with two attached hydrogens (primary N) is 1. The number of nitrogens with one attached hydrogen (secondary N) is 2. The molecule has 4 N–H and O–H groups in total. The van der Waals surface area contributed by atoms with Gasteiger partial charge in [0.2, 0.25) is 11.8 Å². The number of hydroxylamine groups is 1. The van der Waals surface area contributed by atoms with Gasteiger partial charge in [0.05, 0.1) is 0 Å². The first-order valence-corrected chi connectivity index (χ1v) is 4.44. The molecule has 0 fully saturated rings. The fourth-order valence-corrected chi connectivity index (χ4v) is 0.713. The Morgan fingerprint density at radius 1 is 1.43 bits per heavy atom. The van der Waals surface area contributed by atoms with Crippen LogP contribution >= 0.6 is 0 Å². The molecule has 6 heteroatoms. The number of amides is 2. The summed E-state index contributed by atoms with van der Waals surface area (Å²) in [5.74, 6) is -0.898. The van der Waals surface area contributed by atoms with E-state index in [1.54, 1.807) is 0 Å². The second-order valence-electron chi connectivity index (χ2n) is 3.14. The molecule has 0 heterocycles. The predicted octanol–water partition coefficient (Wildman–Crippen LogP) is -1.09. The molecule has 0 aliphatic heterocycles. The summed E-state index contributed by atoms with van der Waals surface area (Å²) in [5, 5.41) is 3.07. The minimum absolute atomic E-state index is 0.278. The number of carbonyl (C=O) groups excluding carboxylic acids is 2. The van der Waals surface area contributed by atoms with Gasteiger partial charge in [0.1, 0.15) is 0 Å². The molecule has 0 aromatic heterocycles. The van der Waals surface area contributed by atoms with E-state index in [4.69, 9.17) is 5.73 Å². The van der Waals surface area contributed by atoms with Crippen molar-refractivity contribution in [2.24, 2.45) is 5.73 Å². The smallest absolute Gasteiger partial charge is 0.246 e. The molecule has 0 rings (SSSR count). The molecule has 82 valence electrons. The van der Waals surface area contributed by atoms with Crippen LogP contribution in [0, 0.1) is 0 Å². The molecule has 0 atom stereocenters. The van der Waals surface area contributed by atoms with Crippen LogP contribution in [0.1, 0.15) is 20.3 Å². The van der Waals surface area contributed by atoms with Crippen molar-refractivity contribution in [3.8, 4) is 0 Å². The van der Waals surface area contributed by atoms with Gasteiger partial charge in [-0.1, -0.05) is 13.8 Å². The van der Waals surface area contributed by atoms with Gasteiger partial charge in [-0.05, 0) is 0 Å². The number of rotatable bonds is 7. The zero-order valence-corrected chi connectivity index (χ0v) is 8.50. The lowest BCUT2D eigenvalue weighted by molar-refractivity contribution is -0.137. The molecule has 0 saturated heterocycles. The van der Waals surface area contributed by atoms with Crippen molar-refractivity contribution in [2.75, 3.05) is 13.2 Å². The van der Waals surface area contributed by atoms with Crippen LogP contribution in [0.4, 0.5) is 0 Å². The van der Waals surface area contributed by atoms with Gasteiger partial charge < -0.3 is 11.1 Å². The van der Waals surface area contributed by atoms with Crippen LogP contribution in [-0.4, -0.2) is 31.0 Å². The fraction of sp³-hybridized carbons (Fsp3) is 0.750. The molecule has 2 amide bonds. The molecule has 0 aromatic carbocycles. The van der Waals surface area contributed by atoms with E-state index < -0.39 is 5.91 Å². The lowest BCUT2D eigenvalue weighted by atomic mass is 10.3. The first kappa shape index (κ1) is 12.9. The van der Waals surface area contributed by atoms with Crippen molar-refractivity contribution >= 4 is 11.8 Å². The SMILES string of the molecule is CC(C)NCCC(=O)NOCC(N)=O. The molecule has 0 aliphatic carbocycles. The van der Waals surface area contributed by atoms with E-state index in [1.807, 2.05) is 13.8 Å². The van der Waals surface area contributed by atoms with Crippen molar-refractivity contribution in [1.82, 2.24) is 10.8 Å². The van der Waals surface area contributed by atoms with E-state index >= 15 is 0 Å². The minimum Gasteiger partial charge on any atom is -0.368 e. The Morgan fingerprint density at radius 3 is 2.57 bits per heavy atom. The molecule has 0 unspecified atom stereocenters. The maximum Gasteiger partial charge on any atom is 0.246 e. The maximum absolute atomic E-state index is 11.0. The highest BCUT2D eigenvalue weighted by Crippen LogP contribution is 1.81. The molecule has 0 radical (unpaired) electrons. The third-order valence-electron chi connectivity index (χ3n) is 1.31. The summed E-state index contributed by atoms with van der Waals surface area (Å²) in [7, 11) is 0. The molecule has 0 aromatic rings. The van der Waals surface area contributed by atoms with Gasteiger partial charge in [-0.2, -0.15) is 0 Å². The Labute approximate surface area is 83.1 Å². The van der Waals surface area contributed by atoms with Crippen LogP contribution < -0.4 is 16.5 Å². The zero-order valence-electron chi connectivity index (χ0n) is 8.50. The standard InChI is InChI=1S/C8H17N3O3/c1-6(2)10-4-3-8(13)11-14-5-7(9)12/h6,10H,3-5H2,1-2H3,(H2,9,12)(H,11,13). The highest BCUT2D eigenvalue weighted by atomic mass is 16.7. The van der Waals surface area contributed by atoms with Gasteiger partial charge in [-0.15, -0.1) is 0 Å². The summed E-state index contributed by atoms with van der Waals surface area (Å²) in [4.78, 5) is 25.7. The third kappa shape index (κ3) is 8.95. The molecular formula is C8H17N3O3. The molecule has 0 spiro atoms. The van der Waals surface area contributed by atoms with Crippen molar-refractivity contribution < 1.29 is 14.4 Å². The van der Waals surface area contributed by atoms with Gasteiger partial charge >= 0.3 is 0 Å². The van der Waals surface area contributed by atoms with Crippen molar-refractivity contribution in [2.45, 2.75) is 26.3 Å². The Bertz CT molecular complexity index is 194. The summed E-state index contributed by atoms with van der Waals surface area (Å²) in [5.41, 5.74) is 6.90. The van der Waals surface area contributed by atoms with Crippen LogP contribution in [0.5, 0.6) is 0 Å². The Balaban J connectivity index is 3.33. The first-order valence-electron chi connectivity index (χ1n) is 4.44. The van der Waals surface area contributed by atoms with E-state index in [-0.39, 0.29) is 12.5 Å². The summed E-state index contributed by atoms with van der Waals surface area (Å²) in [6.07, 6.45) is 0.303. The fourth-order valence-electron chi connectivity index (χ4n) is 0.713. The molecular weight excluding hydrogens is 186 g/mol. The molecule has 0 aliphatic rings. The number of hydrogen-bond acceptors (Lipinski definition) is 4. The maximum atomic E-state index is 11.0. The quantitative estimate of drug-likeness (QED) is 0.458. The van der Waals surface area contributed by atoms with Crippen molar-refractivity contribution in [1.29, 1.82) is 0 Å². The number of carbonyl (C=O) groups is 2. The number of hydrogen-bond donors (Lipinski definition) is 3. The highest BCUT2D eigenvalue weighted by Gasteiger charge is 2.02. The molecule has 0 bridgehead atoms. The minimum atomic E-state index is -0.620. The van der Waals surface area contributed by atoms with E-state index in [0.717, 1.165) is 0 Å². The normalized spacial score (nSPS) is 10.2. The summed E-state index contributed by atoms with van der Waals surface area (Å²) >= 11 is 0. The monoisotopic (exact) mass is 203 g/mol. The Hall–Kier alpha value is -1.14. The van der Waals surface area contributed by atoms with E-state index in [2.05, 4.69) is 15.6 Å². The van der Waals surface area contributed by atoms with Crippen LogP contribution in [-0.2, 0) is 14.4 Å². The lowest BCUT2D eigenvalue weighted by Crippen LogP contribution is -2.32. The molecule has 14 heavy (non-hydrogen) atoms. The molecule has 6 nitrogen and oxygen atoms in total. The van der Waals surface area contributed by atoms with Gasteiger partial charge in [-0.25, -0.2) is 5.48 Å².